The van der Waals surface area contributed by atoms with Crippen LogP contribution in [0, 0.1) is 6.92 Å². The fourth-order valence-electron chi connectivity index (χ4n) is 0.696. The first kappa shape index (κ1) is 9.02. The largest absolute Gasteiger partial charge is 0.389 e. The molecular weight excluding hydrogens is 173 g/mol. The molecule has 0 aliphatic carbocycles. The van der Waals surface area contributed by atoms with Crippen molar-refractivity contribution in [1.82, 2.24) is 10.1 Å². The standard InChI is InChI=1S/C6H7F3N2O/c1-4-10-5(11-12-4)2-3-6(7,8)9/h2-3H2,1H3. The van der Waals surface area contributed by atoms with Gasteiger partial charge in [-0.2, -0.15) is 18.2 Å². The Morgan fingerprint density at radius 2 is 2.08 bits per heavy atom. The van der Waals surface area contributed by atoms with E-state index in [1.54, 1.807) is 0 Å². The summed E-state index contributed by atoms with van der Waals surface area (Å²) in [5, 5.41) is 3.33. The Morgan fingerprint density at radius 3 is 2.50 bits per heavy atom. The molecule has 0 saturated heterocycles. The Hall–Kier alpha value is -1.07. The van der Waals surface area contributed by atoms with Crippen LogP contribution in [0.1, 0.15) is 18.1 Å². The number of aryl methyl sites for hydroxylation is 2. The molecule has 0 N–H and O–H groups in total. The molecule has 3 nitrogen and oxygen atoms in total. The highest BCUT2D eigenvalue weighted by molar-refractivity contribution is 4.84. The smallest absolute Gasteiger partial charge is 0.340 e. The molecule has 12 heavy (non-hydrogen) atoms. The second-order valence-electron chi connectivity index (χ2n) is 2.34. The number of nitrogens with zero attached hydrogens (tertiary/aromatic N) is 2. The van der Waals surface area contributed by atoms with Crippen molar-refractivity contribution in [2.24, 2.45) is 0 Å². The summed E-state index contributed by atoms with van der Waals surface area (Å²) in [6.07, 6.45) is -5.29. The zero-order valence-corrected chi connectivity index (χ0v) is 6.35. The average molecular weight is 180 g/mol. The van der Waals surface area contributed by atoms with E-state index in [2.05, 4.69) is 14.7 Å². The molecule has 0 aliphatic rings. The number of hydrogen-bond acceptors (Lipinski definition) is 3. The molecule has 0 aromatic carbocycles. The Labute approximate surface area is 66.6 Å². The summed E-state index contributed by atoms with van der Waals surface area (Å²) in [7, 11) is 0. The van der Waals surface area contributed by atoms with Crippen molar-refractivity contribution in [1.29, 1.82) is 0 Å². The second-order valence-corrected chi connectivity index (χ2v) is 2.34. The molecule has 0 bridgehead atoms. The normalized spacial score (nSPS) is 12.0. The van der Waals surface area contributed by atoms with Crippen LogP contribution in [-0.4, -0.2) is 16.3 Å². The lowest BCUT2D eigenvalue weighted by atomic mass is 10.3. The Bertz CT molecular complexity index is 256. The minimum Gasteiger partial charge on any atom is -0.340 e. The Balaban J connectivity index is 2.44. The van der Waals surface area contributed by atoms with Crippen LogP contribution in [0.25, 0.3) is 0 Å². The average Bonchev–Trinajstić information content (AvgIpc) is 2.30. The number of halogens is 3. The van der Waals surface area contributed by atoms with E-state index in [0.717, 1.165) is 0 Å². The molecule has 1 rings (SSSR count). The van der Waals surface area contributed by atoms with Crippen LogP contribution in [0.5, 0.6) is 0 Å². The van der Waals surface area contributed by atoms with Crippen LogP contribution in [0.3, 0.4) is 0 Å². The lowest BCUT2D eigenvalue weighted by molar-refractivity contribution is -0.134. The van der Waals surface area contributed by atoms with Gasteiger partial charge in [-0.05, 0) is 0 Å². The van der Waals surface area contributed by atoms with Gasteiger partial charge in [-0.25, -0.2) is 0 Å². The molecule has 0 radical (unpaired) electrons. The molecule has 0 fully saturated rings. The topological polar surface area (TPSA) is 38.9 Å². The lowest BCUT2D eigenvalue weighted by Gasteiger charge is -2.01. The molecule has 0 saturated carbocycles. The summed E-state index contributed by atoms with van der Waals surface area (Å²) in [4.78, 5) is 3.64. The van der Waals surface area contributed by atoms with E-state index in [9.17, 15) is 13.2 Å². The van der Waals surface area contributed by atoms with Crippen molar-refractivity contribution >= 4 is 0 Å². The summed E-state index contributed by atoms with van der Waals surface area (Å²) >= 11 is 0. The molecule has 0 atom stereocenters. The third-order valence-electron chi connectivity index (χ3n) is 1.20. The summed E-state index contributed by atoms with van der Waals surface area (Å²) < 4.78 is 39.5. The summed E-state index contributed by atoms with van der Waals surface area (Å²) in [6.45, 7) is 1.53. The van der Waals surface area contributed by atoms with E-state index in [4.69, 9.17) is 0 Å². The predicted molar refractivity (Wildman–Crippen MR) is 33.4 cm³/mol. The number of alkyl halides is 3. The molecule has 1 aromatic rings. The van der Waals surface area contributed by atoms with Crippen molar-refractivity contribution in [3.05, 3.63) is 11.7 Å². The van der Waals surface area contributed by atoms with Gasteiger partial charge in [0.05, 0.1) is 6.42 Å². The van der Waals surface area contributed by atoms with Gasteiger partial charge < -0.3 is 4.52 Å². The fraction of sp³-hybridized carbons (Fsp3) is 0.667. The van der Waals surface area contributed by atoms with E-state index in [-0.39, 0.29) is 18.1 Å². The molecule has 6 heteroatoms. The lowest BCUT2D eigenvalue weighted by Crippen LogP contribution is -2.09. The highest BCUT2D eigenvalue weighted by Crippen LogP contribution is 2.20. The second kappa shape index (κ2) is 3.12. The maximum absolute atomic E-state index is 11.7. The minimum atomic E-state index is -4.16. The SMILES string of the molecule is Cc1nc(CCC(F)(F)F)no1. The van der Waals surface area contributed by atoms with Gasteiger partial charge in [0.2, 0.25) is 5.89 Å². The maximum Gasteiger partial charge on any atom is 0.389 e. The highest BCUT2D eigenvalue weighted by atomic mass is 19.4. The minimum absolute atomic E-state index is 0.102. The van der Waals surface area contributed by atoms with Crippen LogP contribution in [-0.2, 0) is 6.42 Å². The third kappa shape index (κ3) is 2.89. The van der Waals surface area contributed by atoms with Crippen LogP contribution < -0.4 is 0 Å². The van der Waals surface area contributed by atoms with Gasteiger partial charge in [-0.15, -0.1) is 0 Å². The van der Waals surface area contributed by atoms with Crippen LogP contribution >= 0.6 is 0 Å². The first-order valence-electron chi connectivity index (χ1n) is 3.33. The van der Waals surface area contributed by atoms with Crippen molar-refractivity contribution in [2.45, 2.75) is 25.9 Å². The molecule has 0 unspecified atom stereocenters. The molecule has 1 heterocycles. The van der Waals surface area contributed by atoms with Gasteiger partial charge in [-0.3, -0.25) is 0 Å². The summed E-state index contributed by atoms with van der Waals surface area (Å²) in [5.74, 6) is 0.386. The van der Waals surface area contributed by atoms with Gasteiger partial charge in [0, 0.05) is 13.3 Å². The predicted octanol–water partition coefficient (Wildman–Crippen LogP) is 1.87. The zero-order valence-electron chi connectivity index (χ0n) is 6.35. The van der Waals surface area contributed by atoms with Crippen molar-refractivity contribution in [3.63, 3.8) is 0 Å². The number of rotatable bonds is 2. The Kier molecular flexibility index (Phi) is 2.35. The van der Waals surface area contributed by atoms with Crippen molar-refractivity contribution < 1.29 is 17.7 Å². The highest BCUT2D eigenvalue weighted by Gasteiger charge is 2.27. The van der Waals surface area contributed by atoms with E-state index in [0.29, 0.717) is 0 Å². The van der Waals surface area contributed by atoms with Gasteiger partial charge in [0.1, 0.15) is 0 Å². The monoisotopic (exact) mass is 180 g/mol. The molecule has 0 amide bonds. The van der Waals surface area contributed by atoms with Crippen LogP contribution in [0.4, 0.5) is 13.2 Å². The van der Waals surface area contributed by atoms with Crippen LogP contribution in [0.2, 0.25) is 0 Å². The zero-order chi connectivity index (χ0) is 9.19. The first-order chi connectivity index (χ1) is 5.47. The molecule has 68 valence electrons. The summed E-state index contributed by atoms with van der Waals surface area (Å²) in [6, 6.07) is 0. The van der Waals surface area contributed by atoms with E-state index in [1.807, 2.05) is 0 Å². The maximum atomic E-state index is 11.7. The molecule has 1 aromatic heterocycles. The van der Waals surface area contributed by atoms with E-state index in [1.165, 1.54) is 6.92 Å². The third-order valence-corrected chi connectivity index (χ3v) is 1.20. The van der Waals surface area contributed by atoms with Gasteiger partial charge >= 0.3 is 6.18 Å². The molecule has 0 spiro atoms. The first-order valence-corrected chi connectivity index (χ1v) is 3.33. The van der Waals surface area contributed by atoms with Crippen molar-refractivity contribution in [3.8, 4) is 0 Å². The van der Waals surface area contributed by atoms with Gasteiger partial charge in [0.15, 0.2) is 5.82 Å². The molecular formula is C6H7F3N2O. The Morgan fingerprint density at radius 1 is 1.42 bits per heavy atom. The number of aromatic nitrogens is 2. The van der Waals surface area contributed by atoms with Gasteiger partial charge in [0.25, 0.3) is 0 Å². The van der Waals surface area contributed by atoms with E-state index >= 15 is 0 Å². The van der Waals surface area contributed by atoms with Crippen LogP contribution in [0.15, 0.2) is 4.52 Å². The number of hydrogen-bond donors (Lipinski definition) is 0. The van der Waals surface area contributed by atoms with Crippen molar-refractivity contribution in [2.75, 3.05) is 0 Å². The van der Waals surface area contributed by atoms with Gasteiger partial charge in [-0.1, -0.05) is 5.16 Å². The fourth-order valence-corrected chi connectivity index (χ4v) is 0.696. The summed E-state index contributed by atoms with van der Waals surface area (Å²) in [5.41, 5.74) is 0. The molecule has 0 aliphatic heterocycles. The van der Waals surface area contributed by atoms with E-state index < -0.39 is 12.6 Å². The quantitative estimate of drug-likeness (QED) is 0.697.